The molecule has 1 rings (SSSR count). The number of aryl methyl sites for hydroxylation is 1. The molecule has 0 saturated heterocycles. The molecule has 3 heteroatoms. The van der Waals surface area contributed by atoms with Gasteiger partial charge in [-0.2, -0.15) is 0 Å². The molecule has 1 aromatic carbocycles. The highest BCUT2D eigenvalue weighted by Gasteiger charge is 2.29. The number of hydrogen-bond donors (Lipinski definition) is 2. The van der Waals surface area contributed by atoms with Gasteiger partial charge in [0.05, 0.1) is 13.7 Å². The maximum atomic E-state index is 9.59. The van der Waals surface area contributed by atoms with Crippen LogP contribution in [0.4, 0.5) is 0 Å². The Kier molecular flexibility index (Phi) is 4.17. The SMILES string of the molecule is COc1cc(C)c(C(C)(CN)CO)c(C)c1C. The van der Waals surface area contributed by atoms with E-state index in [-0.39, 0.29) is 12.0 Å². The van der Waals surface area contributed by atoms with E-state index in [1.807, 2.05) is 26.8 Å². The maximum Gasteiger partial charge on any atom is 0.122 e. The first-order valence-corrected chi connectivity index (χ1v) is 5.87. The van der Waals surface area contributed by atoms with Crippen molar-refractivity contribution in [3.8, 4) is 5.75 Å². The number of methoxy groups -OCH3 is 1. The predicted octanol–water partition coefficient (Wildman–Crippen LogP) is 1.83. The molecule has 1 aromatic rings. The minimum absolute atomic E-state index is 0.0525. The van der Waals surface area contributed by atoms with Crippen LogP contribution in [-0.2, 0) is 5.41 Å². The fraction of sp³-hybridized carbons (Fsp3) is 0.571. The third kappa shape index (κ3) is 2.31. The van der Waals surface area contributed by atoms with Gasteiger partial charge in [-0.25, -0.2) is 0 Å². The lowest BCUT2D eigenvalue weighted by Gasteiger charge is -2.31. The zero-order chi connectivity index (χ0) is 13.2. The van der Waals surface area contributed by atoms with Gasteiger partial charge in [0, 0.05) is 12.0 Å². The Hall–Kier alpha value is -1.06. The molecule has 1 unspecified atom stereocenters. The van der Waals surface area contributed by atoms with Crippen LogP contribution in [0.1, 0.15) is 29.2 Å². The summed E-state index contributed by atoms with van der Waals surface area (Å²) in [6.07, 6.45) is 0. The van der Waals surface area contributed by atoms with Crippen molar-refractivity contribution in [3.63, 3.8) is 0 Å². The van der Waals surface area contributed by atoms with Gasteiger partial charge >= 0.3 is 0 Å². The topological polar surface area (TPSA) is 55.5 Å². The highest BCUT2D eigenvalue weighted by atomic mass is 16.5. The lowest BCUT2D eigenvalue weighted by atomic mass is 9.77. The summed E-state index contributed by atoms with van der Waals surface area (Å²) in [7, 11) is 1.68. The smallest absolute Gasteiger partial charge is 0.122 e. The molecule has 17 heavy (non-hydrogen) atoms. The third-order valence-electron chi connectivity index (χ3n) is 3.67. The standard InChI is InChI=1S/C14H23NO2/c1-9-6-12(17-5)10(2)11(3)13(9)14(4,7-15)8-16/h6,16H,7-8,15H2,1-5H3. The first-order chi connectivity index (χ1) is 7.91. The highest BCUT2D eigenvalue weighted by molar-refractivity contribution is 5.51. The van der Waals surface area contributed by atoms with E-state index in [4.69, 9.17) is 10.5 Å². The van der Waals surface area contributed by atoms with Gasteiger partial charge in [0.1, 0.15) is 5.75 Å². The van der Waals surface area contributed by atoms with E-state index in [1.54, 1.807) is 7.11 Å². The molecule has 0 fully saturated rings. The molecule has 0 aliphatic rings. The Balaban J connectivity index is 3.50. The van der Waals surface area contributed by atoms with Crippen LogP contribution in [-0.4, -0.2) is 25.4 Å². The van der Waals surface area contributed by atoms with Crippen LogP contribution in [0.3, 0.4) is 0 Å². The fourth-order valence-electron chi connectivity index (χ4n) is 2.43. The number of benzene rings is 1. The number of nitrogens with two attached hydrogens (primary N) is 1. The lowest BCUT2D eigenvalue weighted by molar-refractivity contribution is 0.209. The summed E-state index contributed by atoms with van der Waals surface area (Å²) in [5.74, 6) is 0.890. The maximum absolute atomic E-state index is 9.59. The second-order valence-electron chi connectivity index (χ2n) is 4.94. The average molecular weight is 237 g/mol. The van der Waals surface area contributed by atoms with Crippen molar-refractivity contribution >= 4 is 0 Å². The van der Waals surface area contributed by atoms with Gasteiger partial charge in [-0.1, -0.05) is 6.92 Å². The first kappa shape index (κ1) is 14.0. The van der Waals surface area contributed by atoms with Gasteiger partial charge in [-0.3, -0.25) is 0 Å². The lowest BCUT2D eigenvalue weighted by Crippen LogP contribution is -2.37. The van der Waals surface area contributed by atoms with Crippen molar-refractivity contribution in [2.45, 2.75) is 33.1 Å². The summed E-state index contributed by atoms with van der Waals surface area (Å²) in [4.78, 5) is 0. The van der Waals surface area contributed by atoms with Crippen molar-refractivity contribution in [1.29, 1.82) is 0 Å². The molecule has 1 atom stereocenters. The van der Waals surface area contributed by atoms with E-state index >= 15 is 0 Å². The first-order valence-electron chi connectivity index (χ1n) is 5.87. The van der Waals surface area contributed by atoms with Crippen LogP contribution >= 0.6 is 0 Å². The summed E-state index contributed by atoms with van der Waals surface area (Å²) in [6.45, 7) is 8.60. The van der Waals surface area contributed by atoms with Gasteiger partial charge in [0.2, 0.25) is 0 Å². The Morgan fingerprint density at radius 3 is 2.29 bits per heavy atom. The average Bonchev–Trinajstić information content (AvgIpc) is 2.33. The molecule has 0 heterocycles. The van der Waals surface area contributed by atoms with E-state index in [9.17, 15) is 5.11 Å². The van der Waals surface area contributed by atoms with Crippen LogP contribution < -0.4 is 10.5 Å². The molecule has 3 N–H and O–H groups in total. The Morgan fingerprint density at radius 2 is 1.88 bits per heavy atom. The molecule has 0 aliphatic heterocycles. The monoisotopic (exact) mass is 237 g/mol. The van der Waals surface area contributed by atoms with Gasteiger partial charge in [-0.15, -0.1) is 0 Å². The van der Waals surface area contributed by atoms with E-state index in [1.165, 1.54) is 0 Å². The molecule has 0 radical (unpaired) electrons. The summed E-state index contributed by atoms with van der Waals surface area (Å²) in [5, 5.41) is 9.59. The van der Waals surface area contributed by atoms with Gasteiger partial charge in [0.15, 0.2) is 0 Å². The van der Waals surface area contributed by atoms with Crippen LogP contribution in [0, 0.1) is 20.8 Å². The van der Waals surface area contributed by atoms with E-state index in [0.717, 1.165) is 28.0 Å². The van der Waals surface area contributed by atoms with Crippen LogP contribution in [0.25, 0.3) is 0 Å². The zero-order valence-corrected chi connectivity index (χ0v) is 11.4. The number of rotatable bonds is 4. The molecular weight excluding hydrogens is 214 g/mol. The Bertz CT molecular complexity index is 409. The molecule has 96 valence electrons. The normalized spacial score (nSPS) is 14.5. The van der Waals surface area contributed by atoms with Crippen molar-refractivity contribution < 1.29 is 9.84 Å². The summed E-state index contributed by atoms with van der Waals surface area (Å²) in [6, 6.07) is 2.02. The molecule has 0 amide bonds. The summed E-state index contributed by atoms with van der Waals surface area (Å²) < 4.78 is 5.35. The van der Waals surface area contributed by atoms with Crippen molar-refractivity contribution in [2.75, 3.05) is 20.3 Å². The van der Waals surface area contributed by atoms with Crippen LogP contribution in [0.2, 0.25) is 0 Å². The molecule has 0 aromatic heterocycles. The van der Waals surface area contributed by atoms with Crippen molar-refractivity contribution in [3.05, 3.63) is 28.3 Å². The zero-order valence-electron chi connectivity index (χ0n) is 11.4. The minimum Gasteiger partial charge on any atom is -0.496 e. The molecule has 0 aliphatic carbocycles. The van der Waals surface area contributed by atoms with Crippen molar-refractivity contribution in [2.24, 2.45) is 5.73 Å². The van der Waals surface area contributed by atoms with Gasteiger partial charge in [-0.05, 0) is 49.1 Å². The Morgan fingerprint density at radius 1 is 1.29 bits per heavy atom. The molecule has 0 bridgehead atoms. The number of aliphatic hydroxyl groups is 1. The minimum atomic E-state index is -0.384. The molecule has 0 saturated carbocycles. The van der Waals surface area contributed by atoms with Gasteiger partial charge < -0.3 is 15.6 Å². The summed E-state index contributed by atoms with van der Waals surface area (Å²) >= 11 is 0. The van der Waals surface area contributed by atoms with E-state index < -0.39 is 0 Å². The quantitative estimate of drug-likeness (QED) is 0.840. The highest BCUT2D eigenvalue weighted by Crippen LogP contribution is 2.34. The fourth-order valence-corrected chi connectivity index (χ4v) is 2.43. The Labute approximate surface area is 104 Å². The molecule has 0 spiro atoms. The van der Waals surface area contributed by atoms with Gasteiger partial charge in [0.25, 0.3) is 0 Å². The number of hydrogen-bond acceptors (Lipinski definition) is 3. The van der Waals surface area contributed by atoms with Crippen LogP contribution in [0.15, 0.2) is 6.07 Å². The van der Waals surface area contributed by atoms with Crippen LogP contribution in [0.5, 0.6) is 5.75 Å². The largest absolute Gasteiger partial charge is 0.496 e. The van der Waals surface area contributed by atoms with E-state index in [0.29, 0.717) is 6.54 Å². The second kappa shape index (κ2) is 5.07. The molecule has 3 nitrogen and oxygen atoms in total. The number of aliphatic hydroxyl groups excluding tert-OH is 1. The summed E-state index contributed by atoms with van der Waals surface area (Å²) in [5.41, 5.74) is 9.96. The predicted molar refractivity (Wildman–Crippen MR) is 70.7 cm³/mol. The van der Waals surface area contributed by atoms with Crippen molar-refractivity contribution in [1.82, 2.24) is 0 Å². The molecular formula is C14H23NO2. The van der Waals surface area contributed by atoms with E-state index in [2.05, 4.69) is 6.92 Å². The third-order valence-corrected chi connectivity index (χ3v) is 3.67. The number of ether oxygens (including phenoxy) is 1. The second-order valence-corrected chi connectivity index (χ2v) is 4.94.